The predicted octanol–water partition coefficient (Wildman–Crippen LogP) is 3.00. The molecule has 1 saturated heterocycles. The van der Waals surface area contributed by atoms with Gasteiger partial charge in [-0.1, -0.05) is 6.42 Å². The zero-order chi connectivity index (χ0) is 17.4. The van der Waals surface area contributed by atoms with E-state index in [1.54, 1.807) is 19.1 Å². The first kappa shape index (κ1) is 18.3. The highest BCUT2D eigenvalue weighted by Crippen LogP contribution is 2.15. The molecule has 5 nitrogen and oxygen atoms in total. The predicted molar refractivity (Wildman–Crippen MR) is 88.3 cm³/mol. The number of benzene rings is 1. The van der Waals surface area contributed by atoms with Crippen LogP contribution < -0.4 is 10.2 Å². The SMILES string of the molecule is C/C(=N\NC(=O)CCN1CCCCC1)c1ccc(OC(F)F)cc1. The van der Waals surface area contributed by atoms with Crippen molar-refractivity contribution in [1.29, 1.82) is 0 Å². The second-order valence-electron chi connectivity index (χ2n) is 5.79. The van der Waals surface area contributed by atoms with Crippen molar-refractivity contribution in [2.45, 2.75) is 39.2 Å². The summed E-state index contributed by atoms with van der Waals surface area (Å²) in [6.45, 7) is 1.77. The normalized spacial score (nSPS) is 16.2. The van der Waals surface area contributed by atoms with Gasteiger partial charge in [0.15, 0.2) is 0 Å². The van der Waals surface area contributed by atoms with Crippen molar-refractivity contribution in [2.75, 3.05) is 19.6 Å². The third kappa shape index (κ3) is 6.23. The number of hydrazone groups is 1. The highest BCUT2D eigenvalue weighted by molar-refractivity contribution is 5.99. The van der Waals surface area contributed by atoms with Gasteiger partial charge in [0.1, 0.15) is 5.75 Å². The minimum atomic E-state index is -2.84. The molecule has 2 rings (SSSR count). The number of carbonyl (C=O) groups excluding carboxylic acids is 1. The van der Waals surface area contributed by atoms with Crippen LogP contribution in [0.2, 0.25) is 0 Å². The standard InChI is InChI=1S/C17H23F2N3O2/c1-13(14-5-7-15(8-6-14)24-17(18)19)20-21-16(23)9-12-22-10-3-2-4-11-22/h5-8,17H,2-4,9-12H2,1H3,(H,21,23)/b20-13+. The van der Waals surface area contributed by atoms with E-state index in [9.17, 15) is 13.6 Å². The molecular weight excluding hydrogens is 316 g/mol. The third-order valence-corrected chi connectivity index (χ3v) is 3.95. The van der Waals surface area contributed by atoms with E-state index in [0.29, 0.717) is 12.1 Å². The Morgan fingerprint density at radius 2 is 1.92 bits per heavy atom. The average molecular weight is 339 g/mol. The van der Waals surface area contributed by atoms with Crippen LogP contribution in [0.5, 0.6) is 5.75 Å². The lowest BCUT2D eigenvalue weighted by Crippen LogP contribution is -2.33. The summed E-state index contributed by atoms with van der Waals surface area (Å²) in [6.07, 6.45) is 4.08. The number of alkyl halides is 2. The molecule has 1 aliphatic rings. The smallest absolute Gasteiger partial charge is 0.387 e. The van der Waals surface area contributed by atoms with E-state index in [2.05, 4.69) is 20.2 Å². The lowest BCUT2D eigenvalue weighted by Gasteiger charge is -2.25. The number of rotatable bonds is 7. The summed E-state index contributed by atoms with van der Waals surface area (Å²) < 4.78 is 28.5. The van der Waals surface area contributed by atoms with Gasteiger partial charge in [0.2, 0.25) is 5.91 Å². The van der Waals surface area contributed by atoms with Crippen LogP contribution in [-0.2, 0) is 4.79 Å². The number of likely N-dealkylation sites (tertiary alicyclic amines) is 1. The molecule has 1 aromatic carbocycles. The van der Waals surface area contributed by atoms with Crippen molar-refractivity contribution < 1.29 is 18.3 Å². The maximum absolute atomic E-state index is 12.1. The molecule has 1 amide bonds. The van der Waals surface area contributed by atoms with E-state index in [1.807, 2.05) is 0 Å². The summed E-state index contributed by atoms with van der Waals surface area (Å²) >= 11 is 0. The van der Waals surface area contributed by atoms with Gasteiger partial charge in [0.05, 0.1) is 5.71 Å². The lowest BCUT2D eigenvalue weighted by atomic mass is 10.1. The summed E-state index contributed by atoms with van der Waals surface area (Å²) in [7, 11) is 0. The molecule has 7 heteroatoms. The van der Waals surface area contributed by atoms with E-state index < -0.39 is 6.61 Å². The number of ether oxygens (including phenoxy) is 1. The fourth-order valence-electron chi connectivity index (χ4n) is 2.59. The number of carbonyl (C=O) groups is 1. The molecule has 1 heterocycles. The zero-order valence-corrected chi connectivity index (χ0v) is 13.8. The number of nitrogens with one attached hydrogen (secondary N) is 1. The first-order chi connectivity index (χ1) is 11.5. The number of halogens is 2. The molecule has 1 fully saturated rings. The van der Waals surface area contributed by atoms with Crippen LogP contribution in [0, 0.1) is 0 Å². The van der Waals surface area contributed by atoms with E-state index in [1.165, 1.54) is 31.4 Å². The van der Waals surface area contributed by atoms with Crippen molar-refractivity contribution in [3.05, 3.63) is 29.8 Å². The Labute approximate surface area is 140 Å². The largest absolute Gasteiger partial charge is 0.435 e. The summed E-state index contributed by atoms with van der Waals surface area (Å²) in [4.78, 5) is 14.1. The van der Waals surface area contributed by atoms with Gasteiger partial charge in [0, 0.05) is 13.0 Å². The van der Waals surface area contributed by atoms with Crippen LogP contribution in [-0.4, -0.2) is 42.8 Å². The van der Waals surface area contributed by atoms with Gasteiger partial charge in [-0.3, -0.25) is 4.79 Å². The van der Waals surface area contributed by atoms with Crippen LogP contribution in [0.3, 0.4) is 0 Å². The van der Waals surface area contributed by atoms with Gasteiger partial charge < -0.3 is 9.64 Å². The summed E-state index contributed by atoms with van der Waals surface area (Å²) in [6, 6.07) is 6.13. The molecule has 0 aliphatic carbocycles. The Morgan fingerprint density at radius 3 is 2.54 bits per heavy atom. The number of hydrogen-bond acceptors (Lipinski definition) is 4. The fourth-order valence-corrected chi connectivity index (χ4v) is 2.59. The molecule has 0 radical (unpaired) electrons. The second-order valence-corrected chi connectivity index (χ2v) is 5.79. The molecular formula is C17H23F2N3O2. The molecule has 0 atom stereocenters. The first-order valence-electron chi connectivity index (χ1n) is 8.15. The Hall–Kier alpha value is -2.02. The van der Waals surface area contributed by atoms with Crippen LogP contribution in [0.4, 0.5) is 8.78 Å². The molecule has 0 aromatic heterocycles. The molecule has 1 aliphatic heterocycles. The van der Waals surface area contributed by atoms with Crippen LogP contribution in [0.1, 0.15) is 38.2 Å². The lowest BCUT2D eigenvalue weighted by molar-refractivity contribution is -0.121. The molecule has 0 unspecified atom stereocenters. The summed E-state index contributed by atoms with van der Waals surface area (Å²) in [5.74, 6) is -0.0373. The Kier molecular flexibility index (Phi) is 7.11. The van der Waals surface area contributed by atoms with Gasteiger partial charge in [-0.15, -0.1) is 0 Å². The van der Waals surface area contributed by atoms with Crippen molar-refractivity contribution in [2.24, 2.45) is 5.10 Å². The molecule has 1 N–H and O–H groups in total. The van der Waals surface area contributed by atoms with Crippen LogP contribution >= 0.6 is 0 Å². The summed E-state index contributed by atoms with van der Waals surface area (Å²) in [5, 5.41) is 4.06. The quantitative estimate of drug-likeness (QED) is 0.614. The van der Waals surface area contributed by atoms with Gasteiger partial charge in [-0.25, -0.2) is 5.43 Å². The first-order valence-corrected chi connectivity index (χ1v) is 8.15. The van der Waals surface area contributed by atoms with Crippen LogP contribution in [0.15, 0.2) is 29.4 Å². The maximum atomic E-state index is 12.1. The van der Waals surface area contributed by atoms with Crippen LogP contribution in [0.25, 0.3) is 0 Å². The van der Waals surface area contributed by atoms with Crippen molar-refractivity contribution in [3.63, 3.8) is 0 Å². The van der Waals surface area contributed by atoms with Gasteiger partial charge in [-0.05, 0) is 62.7 Å². The van der Waals surface area contributed by atoms with Crippen molar-refractivity contribution >= 4 is 11.6 Å². The molecule has 0 saturated carbocycles. The Morgan fingerprint density at radius 1 is 1.25 bits per heavy atom. The maximum Gasteiger partial charge on any atom is 0.387 e. The minimum Gasteiger partial charge on any atom is -0.435 e. The third-order valence-electron chi connectivity index (χ3n) is 3.95. The average Bonchev–Trinajstić information content (AvgIpc) is 2.59. The molecule has 1 aromatic rings. The van der Waals surface area contributed by atoms with E-state index in [4.69, 9.17) is 0 Å². The highest BCUT2D eigenvalue weighted by Gasteiger charge is 2.11. The number of piperidine rings is 1. The Balaban J connectivity index is 1.78. The monoisotopic (exact) mass is 339 g/mol. The molecule has 24 heavy (non-hydrogen) atoms. The van der Waals surface area contributed by atoms with Gasteiger partial charge >= 0.3 is 6.61 Å². The van der Waals surface area contributed by atoms with Crippen molar-refractivity contribution in [1.82, 2.24) is 10.3 Å². The van der Waals surface area contributed by atoms with Crippen molar-refractivity contribution in [3.8, 4) is 5.75 Å². The topological polar surface area (TPSA) is 53.9 Å². The van der Waals surface area contributed by atoms with E-state index >= 15 is 0 Å². The molecule has 0 spiro atoms. The van der Waals surface area contributed by atoms with E-state index in [0.717, 1.165) is 25.2 Å². The summed E-state index contributed by atoms with van der Waals surface area (Å²) in [5.41, 5.74) is 3.87. The van der Waals surface area contributed by atoms with Gasteiger partial charge in [-0.2, -0.15) is 13.9 Å². The Bertz CT molecular complexity index is 555. The number of amides is 1. The zero-order valence-electron chi connectivity index (χ0n) is 13.8. The molecule has 0 bridgehead atoms. The minimum absolute atomic E-state index is 0.0899. The number of nitrogens with zero attached hydrogens (tertiary/aromatic N) is 2. The highest BCUT2D eigenvalue weighted by atomic mass is 19.3. The number of hydrogen-bond donors (Lipinski definition) is 1. The molecule has 132 valence electrons. The van der Waals surface area contributed by atoms with Gasteiger partial charge in [0.25, 0.3) is 0 Å². The fraction of sp³-hybridized carbons (Fsp3) is 0.529. The van der Waals surface area contributed by atoms with E-state index in [-0.39, 0.29) is 11.7 Å². The second kappa shape index (κ2) is 9.32.